The Morgan fingerprint density at radius 1 is 1.23 bits per heavy atom. The first kappa shape index (κ1) is 19.4. The van der Waals surface area contributed by atoms with Gasteiger partial charge in [-0.25, -0.2) is 14.4 Å². The second-order valence-electron chi connectivity index (χ2n) is 6.27. The second-order valence-corrected chi connectivity index (χ2v) is 7.40. The van der Waals surface area contributed by atoms with Gasteiger partial charge in [0.25, 0.3) is 0 Å². The Morgan fingerprint density at radius 2 is 1.88 bits per heavy atom. The van der Waals surface area contributed by atoms with Crippen molar-refractivity contribution in [2.24, 2.45) is 0 Å². The van der Waals surface area contributed by atoms with Crippen LogP contribution >= 0.6 is 23.4 Å². The van der Waals surface area contributed by atoms with Crippen LogP contribution in [0.1, 0.15) is 26.7 Å². The van der Waals surface area contributed by atoms with E-state index in [-0.39, 0.29) is 16.5 Å². The number of nitrogens with zero attached hydrogens (tertiary/aromatic N) is 4. The van der Waals surface area contributed by atoms with Crippen molar-refractivity contribution >= 4 is 40.1 Å². The van der Waals surface area contributed by atoms with Crippen LogP contribution in [0.4, 0.5) is 10.2 Å². The molecule has 0 aromatic carbocycles. The third kappa shape index (κ3) is 3.54. The highest BCUT2D eigenvalue weighted by molar-refractivity contribution is 7.98. The molecular formula is C17H23ClFN5OS. The molecule has 0 radical (unpaired) electrons. The van der Waals surface area contributed by atoms with Crippen LogP contribution in [0.15, 0.2) is 5.16 Å². The standard InChI is InChI=1S/C17H23ClFN5OS/c1-5-9-7-24(8-10(6-2)20-9)15-11-13(21-17(23-15)26-4)12(19)14(18)22-16(11)25-3/h9-10,20H,5-8H2,1-4H3. The summed E-state index contributed by atoms with van der Waals surface area (Å²) in [5, 5.41) is 4.37. The van der Waals surface area contributed by atoms with Gasteiger partial charge in [-0.15, -0.1) is 0 Å². The summed E-state index contributed by atoms with van der Waals surface area (Å²) in [5.41, 5.74) is 0.149. The van der Waals surface area contributed by atoms with Crippen molar-refractivity contribution in [3.05, 3.63) is 11.0 Å². The van der Waals surface area contributed by atoms with Crippen molar-refractivity contribution in [2.75, 3.05) is 31.4 Å². The molecule has 1 aliphatic heterocycles. The summed E-state index contributed by atoms with van der Waals surface area (Å²) in [4.78, 5) is 15.2. The first-order chi connectivity index (χ1) is 12.5. The van der Waals surface area contributed by atoms with Gasteiger partial charge in [0.2, 0.25) is 5.88 Å². The summed E-state index contributed by atoms with van der Waals surface area (Å²) in [6.07, 6.45) is 3.87. The Morgan fingerprint density at radius 3 is 2.42 bits per heavy atom. The van der Waals surface area contributed by atoms with Crippen molar-refractivity contribution in [2.45, 2.75) is 43.9 Å². The van der Waals surface area contributed by atoms with Crippen molar-refractivity contribution in [1.82, 2.24) is 20.3 Å². The molecule has 1 fully saturated rings. The highest BCUT2D eigenvalue weighted by atomic mass is 35.5. The van der Waals surface area contributed by atoms with Crippen LogP contribution < -0.4 is 15.0 Å². The number of anilines is 1. The molecule has 0 saturated carbocycles. The normalized spacial score (nSPS) is 20.6. The fraction of sp³-hybridized carbons (Fsp3) is 0.588. The molecule has 2 aromatic rings. The molecule has 2 unspecified atom stereocenters. The van der Waals surface area contributed by atoms with E-state index in [0.29, 0.717) is 28.4 Å². The van der Waals surface area contributed by atoms with Crippen LogP contribution in [0.25, 0.3) is 10.9 Å². The Labute approximate surface area is 161 Å². The number of hydrogen-bond donors (Lipinski definition) is 1. The van der Waals surface area contributed by atoms with Crippen molar-refractivity contribution in [3.63, 3.8) is 0 Å². The van der Waals surface area contributed by atoms with E-state index in [1.165, 1.54) is 18.9 Å². The number of aromatic nitrogens is 3. The molecule has 6 nitrogen and oxygen atoms in total. The highest BCUT2D eigenvalue weighted by Gasteiger charge is 2.29. The molecule has 0 aliphatic carbocycles. The lowest BCUT2D eigenvalue weighted by atomic mass is 10.1. The fourth-order valence-corrected chi connectivity index (χ4v) is 3.78. The maximum atomic E-state index is 14.7. The monoisotopic (exact) mass is 399 g/mol. The Kier molecular flexibility index (Phi) is 6.04. The topological polar surface area (TPSA) is 63.2 Å². The average molecular weight is 400 g/mol. The number of rotatable bonds is 5. The zero-order valence-electron chi connectivity index (χ0n) is 15.3. The number of methoxy groups -OCH3 is 1. The van der Waals surface area contributed by atoms with Gasteiger partial charge in [-0.2, -0.15) is 4.98 Å². The Bertz CT molecular complexity index is 797. The van der Waals surface area contributed by atoms with Gasteiger partial charge in [-0.05, 0) is 19.1 Å². The van der Waals surface area contributed by atoms with E-state index < -0.39 is 5.82 Å². The van der Waals surface area contributed by atoms with Gasteiger partial charge in [-0.3, -0.25) is 0 Å². The van der Waals surface area contributed by atoms with E-state index >= 15 is 0 Å². The average Bonchev–Trinajstić information content (AvgIpc) is 2.69. The number of fused-ring (bicyclic) bond motifs is 1. The molecular weight excluding hydrogens is 377 g/mol. The van der Waals surface area contributed by atoms with Crippen LogP contribution in [-0.2, 0) is 0 Å². The predicted molar refractivity (Wildman–Crippen MR) is 104 cm³/mol. The van der Waals surface area contributed by atoms with E-state index in [0.717, 1.165) is 25.9 Å². The minimum absolute atomic E-state index is 0.149. The van der Waals surface area contributed by atoms with Crippen molar-refractivity contribution < 1.29 is 9.13 Å². The van der Waals surface area contributed by atoms with Crippen LogP contribution in [0.2, 0.25) is 5.15 Å². The van der Waals surface area contributed by atoms with E-state index in [1.807, 2.05) is 6.26 Å². The summed E-state index contributed by atoms with van der Waals surface area (Å²) < 4.78 is 20.1. The van der Waals surface area contributed by atoms with Gasteiger partial charge in [-0.1, -0.05) is 37.2 Å². The summed E-state index contributed by atoms with van der Waals surface area (Å²) in [7, 11) is 1.49. The number of thioether (sulfide) groups is 1. The Hall–Kier alpha value is -1.38. The first-order valence-corrected chi connectivity index (χ1v) is 10.3. The quantitative estimate of drug-likeness (QED) is 0.469. The van der Waals surface area contributed by atoms with E-state index in [2.05, 4.69) is 39.0 Å². The second kappa shape index (κ2) is 8.10. The molecule has 2 atom stereocenters. The minimum atomic E-state index is -0.643. The van der Waals surface area contributed by atoms with Crippen molar-refractivity contribution in [1.29, 1.82) is 0 Å². The van der Waals surface area contributed by atoms with Crippen LogP contribution in [0, 0.1) is 5.82 Å². The van der Waals surface area contributed by atoms with Crippen LogP contribution in [-0.4, -0.2) is 53.5 Å². The van der Waals surface area contributed by atoms with Gasteiger partial charge in [0, 0.05) is 25.2 Å². The third-order valence-corrected chi connectivity index (χ3v) is 5.48. The molecule has 0 bridgehead atoms. The van der Waals surface area contributed by atoms with Crippen molar-refractivity contribution in [3.8, 4) is 5.88 Å². The zero-order chi connectivity index (χ0) is 18.8. The number of piperazine rings is 1. The number of ether oxygens (including phenoxy) is 1. The SMILES string of the molecule is CCC1CN(c2nc(SC)nc3c(F)c(Cl)nc(OC)c23)CC(CC)N1. The molecule has 1 aliphatic rings. The molecule has 3 heterocycles. The van der Waals surface area contributed by atoms with Gasteiger partial charge >= 0.3 is 0 Å². The lowest BCUT2D eigenvalue weighted by Crippen LogP contribution is -2.56. The fourth-order valence-electron chi connectivity index (χ4n) is 3.26. The zero-order valence-corrected chi connectivity index (χ0v) is 16.9. The summed E-state index contributed by atoms with van der Waals surface area (Å²) in [6.45, 7) is 5.86. The lowest BCUT2D eigenvalue weighted by Gasteiger charge is -2.39. The van der Waals surface area contributed by atoms with Gasteiger partial charge in [0.15, 0.2) is 16.1 Å². The summed E-state index contributed by atoms with van der Waals surface area (Å²) in [5.74, 6) is 0.252. The number of halogens is 2. The van der Waals surface area contributed by atoms with Crippen LogP contribution in [0.3, 0.4) is 0 Å². The van der Waals surface area contributed by atoms with Gasteiger partial charge in [0.1, 0.15) is 16.7 Å². The molecule has 0 spiro atoms. The smallest absolute Gasteiger partial charge is 0.228 e. The van der Waals surface area contributed by atoms with E-state index in [1.54, 1.807) is 0 Å². The molecule has 142 valence electrons. The lowest BCUT2D eigenvalue weighted by molar-refractivity contribution is 0.355. The first-order valence-electron chi connectivity index (χ1n) is 8.67. The Balaban J connectivity index is 2.22. The molecule has 1 N–H and O–H groups in total. The molecule has 1 saturated heterocycles. The maximum Gasteiger partial charge on any atom is 0.228 e. The predicted octanol–water partition coefficient (Wildman–Crippen LogP) is 3.51. The van der Waals surface area contributed by atoms with E-state index in [9.17, 15) is 4.39 Å². The van der Waals surface area contributed by atoms with Crippen LogP contribution in [0.5, 0.6) is 5.88 Å². The number of hydrogen-bond acceptors (Lipinski definition) is 7. The van der Waals surface area contributed by atoms with E-state index in [4.69, 9.17) is 16.3 Å². The molecule has 9 heteroatoms. The molecule has 2 aromatic heterocycles. The summed E-state index contributed by atoms with van der Waals surface area (Å²) in [6, 6.07) is 0.681. The number of pyridine rings is 1. The third-order valence-electron chi connectivity index (χ3n) is 4.69. The highest BCUT2D eigenvalue weighted by Crippen LogP contribution is 2.37. The van der Waals surface area contributed by atoms with Gasteiger partial charge in [0.05, 0.1) is 7.11 Å². The number of nitrogens with one attached hydrogen (secondary N) is 1. The maximum absolute atomic E-state index is 14.7. The van der Waals surface area contributed by atoms with Gasteiger partial charge < -0.3 is 15.0 Å². The summed E-state index contributed by atoms with van der Waals surface area (Å²) >= 11 is 7.31. The molecule has 3 rings (SSSR count). The minimum Gasteiger partial charge on any atom is -0.480 e. The molecule has 0 amide bonds. The molecule has 26 heavy (non-hydrogen) atoms. The largest absolute Gasteiger partial charge is 0.480 e.